The standard InChI is InChI=1S/C18H21N3O3.ClH/c22-16-4-3-15(17(23)20-16)21-10-13-2-1-12(9-14(13)18(21)24)11-5-7-19-8-6-11;/h1-2,9,11,15,19H,3-8,10H2,(H,20,22,23);1H. The topological polar surface area (TPSA) is 78.5 Å². The summed E-state index contributed by atoms with van der Waals surface area (Å²) in [5.74, 6) is -0.205. The number of fused-ring (bicyclic) bond motifs is 1. The number of piperidine rings is 2. The molecule has 0 aromatic heterocycles. The van der Waals surface area contributed by atoms with Crippen LogP contribution < -0.4 is 10.6 Å². The van der Waals surface area contributed by atoms with E-state index in [9.17, 15) is 14.4 Å². The van der Waals surface area contributed by atoms with E-state index in [-0.39, 0.29) is 36.5 Å². The molecular formula is C18H22ClN3O3. The molecule has 134 valence electrons. The van der Waals surface area contributed by atoms with Gasteiger partial charge in [-0.25, -0.2) is 0 Å². The first-order chi connectivity index (χ1) is 11.6. The van der Waals surface area contributed by atoms with E-state index in [1.54, 1.807) is 4.90 Å². The molecule has 3 heterocycles. The molecule has 2 N–H and O–H groups in total. The van der Waals surface area contributed by atoms with Gasteiger partial charge in [0.05, 0.1) is 0 Å². The number of nitrogens with one attached hydrogen (secondary N) is 2. The molecule has 7 heteroatoms. The third kappa shape index (κ3) is 3.28. The van der Waals surface area contributed by atoms with Crippen LogP contribution >= 0.6 is 12.4 Å². The van der Waals surface area contributed by atoms with Gasteiger partial charge in [0.2, 0.25) is 11.8 Å². The third-order valence-corrected chi connectivity index (χ3v) is 5.36. The molecule has 2 saturated heterocycles. The molecule has 0 bridgehead atoms. The van der Waals surface area contributed by atoms with Gasteiger partial charge in [0.15, 0.2) is 0 Å². The van der Waals surface area contributed by atoms with Crippen LogP contribution in [0.4, 0.5) is 0 Å². The van der Waals surface area contributed by atoms with Crippen molar-refractivity contribution in [1.82, 2.24) is 15.5 Å². The summed E-state index contributed by atoms with van der Waals surface area (Å²) >= 11 is 0. The number of amides is 3. The molecule has 1 atom stereocenters. The fraction of sp³-hybridized carbons (Fsp3) is 0.500. The lowest BCUT2D eigenvalue weighted by Crippen LogP contribution is -2.52. The summed E-state index contributed by atoms with van der Waals surface area (Å²) in [5.41, 5.74) is 2.91. The van der Waals surface area contributed by atoms with E-state index < -0.39 is 6.04 Å². The molecule has 3 aliphatic rings. The van der Waals surface area contributed by atoms with Crippen molar-refractivity contribution in [2.75, 3.05) is 13.1 Å². The zero-order chi connectivity index (χ0) is 16.7. The van der Waals surface area contributed by atoms with Crippen molar-refractivity contribution in [3.05, 3.63) is 34.9 Å². The van der Waals surface area contributed by atoms with E-state index in [2.05, 4.69) is 16.7 Å². The SMILES string of the molecule is Cl.O=C1CCC(N2Cc3ccc(C4CCNCC4)cc3C2=O)C(=O)N1. The van der Waals surface area contributed by atoms with E-state index >= 15 is 0 Å². The highest BCUT2D eigenvalue weighted by molar-refractivity contribution is 6.05. The summed E-state index contributed by atoms with van der Waals surface area (Å²) in [4.78, 5) is 37.8. The van der Waals surface area contributed by atoms with Crippen LogP contribution in [0.2, 0.25) is 0 Å². The van der Waals surface area contributed by atoms with Gasteiger partial charge in [0.25, 0.3) is 5.91 Å². The van der Waals surface area contributed by atoms with Crippen LogP contribution in [0.15, 0.2) is 18.2 Å². The Morgan fingerprint density at radius 1 is 1.04 bits per heavy atom. The van der Waals surface area contributed by atoms with Crippen molar-refractivity contribution in [2.24, 2.45) is 0 Å². The van der Waals surface area contributed by atoms with Crippen molar-refractivity contribution in [2.45, 2.75) is 44.2 Å². The lowest BCUT2D eigenvalue weighted by molar-refractivity contribution is -0.136. The molecule has 3 amide bonds. The highest BCUT2D eigenvalue weighted by Gasteiger charge is 2.39. The molecule has 0 saturated carbocycles. The maximum absolute atomic E-state index is 12.8. The molecule has 1 aromatic rings. The van der Waals surface area contributed by atoms with Crippen LogP contribution in [0, 0.1) is 0 Å². The number of hydrogen-bond acceptors (Lipinski definition) is 4. The lowest BCUT2D eigenvalue weighted by Gasteiger charge is -2.29. The first-order valence-corrected chi connectivity index (χ1v) is 8.61. The predicted octanol–water partition coefficient (Wildman–Crippen LogP) is 1.34. The van der Waals surface area contributed by atoms with Gasteiger partial charge in [-0.3, -0.25) is 19.7 Å². The maximum atomic E-state index is 12.8. The Labute approximate surface area is 152 Å². The van der Waals surface area contributed by atoms with Crippen molar-refractivity contribution < 1.29 is 14.4 Å². The molecule has 1 unspecified atom stereocenters. The zero-order valence-electron chi connectivity index (χ0n) is 13.9. The zero-order valence-corrected chi connectivity index (χ0v) is 14.7. The maximum Gasteiger partial charge on any atom is 0.255 e. The second kappa shape index (κ2) is 7.14. The van der Waals surface area contributed by atoms with Crippen molar-refractivity contribution in [1.29, 1.82) is 0 Å². The summed E-state index contributed by atoms with van der Waals surface area (Å²) in [7, 11) is 0. The predicted molar refractivity (Wildman–Crippen MR) is 94.6 cm³/mol. The number of imide groups is 1. The monoisotopic (exact) mass is 363 g/mol. The number of halogens is 1. The lowest BCUT2D eigenvalue weighted by atomic mass is 9.88. The van der Waals surface area contributed by atoms with Gasteiger partial charge < -0.3 is 10.2 Å². The Hall–Kier alpha value is -1.92. The average molecular weight is 364 g/mol. The van der Waals surface area contributed by atoms with Gasteiger partial charge >= 0.3 is 0 Å². The Kier molecular flexibility index (Phi) is 5.11. The number of carbonyl (C=O) groups excluding carboxylic acids is 3. The second-order valence-electron chi connectivity index (χ2n) is 6.84. The van der Waals surface area contributed by atoms with Gasteiger partial charge in [-0.05, 0) is 55.5 Å². The highest BCUT2D eigenvalue weighted by atomic mass is 35.5. The van der Waals surface area contributed by atoms with Crippen LogP contribution in [-0.4, -0.2) is 41.8 Å². The van der Waals surface area contributed by atoms with Crippen LogP contribution in [0.5, 0.6) is 0 Å². The Balaban J connectivity index is 0.00000182. The quantitative estimate of drug-likeness (QED) is 0.777. The van der Waals surface area contributed by atoms with Crippen LogP contribution in [0.25, 0.3) is 0 Å². The number of nitrogens with zero attached hydrogens (tertiary/aromatic N) is 1. The molecule has 4 rings (SSSR count). The fourth-order valence-corrected chi connectivity index (χ4v) is 3.98. The van der Waals surface area contributed by atoms with Gasteiger partial charge in [0, 0.05) is 18.5 Å². The molecule has 25 heavy (non-hydrogen) atoms. The number of hydrogen-bond donors (Lipinski definition) is 2. The minimum absolute atomic E-state index is 0. The summed E-state index contributed by atoms with van der Waals surface area (Å²) in [6, 6.07) is 5.62. The van der Waals surface area contributed by atoms with E-state index in [0.717, 1.165) is 37.1 Å². The second-order valence-corrected chi connectivity index (χ2v) is 6.84. The van der Waals surface area contributed by atoms with Crippen molar-refractivity contribution >= 4 is 30.1 Å². The summed E-state index contributed by atoms with van der Waals surface area (Å²) < 4.78 is 0. The van der Waals surface area contributed by atoms with Gasteiger partial charge in [-0.2, -0.15) is 0 Å². The fourth-order valence-electron chi connectivity index (χ4n) is 3.98. The average Bonchev–Trinajstić information content (AvgIpc) is 2.92. The van der Waals surface area contributed by atoms with Gasteiger partial charge in [-0.15, -0.1) is 12.4 Å². The first kappa shape index (κ1) is 17.9. The van der Waals surface area contributed by atoms with E-state index in [1.807, 2.05) is 12.1 Å². The summed E-state index contributed by atoms with van der Waals surface area (Å²) in [6.07, 6.45) is 2.87. The van der Waals surface area contributed by atoms with Crippen LogP contribution in [0.1, 0.15) is 53.1 Å². The first-order valence-electron chi connectivity index (χ1n) is 8.61. The number of rotatable bonds is 2. The van der Waals surface area contributed by atoms with Crippen molar-refractivity contribution in [3.8, 4) is 0 Å². The Bertz CT molecular complexity index is 716. The molecule has 6 nitrogen and oxygen atoms in total. The van der Waals surface area contributed by atoms with Gasteiger partial charge in [-0.1, -0.05) is 12.1 Å². The molecule has 0 radical (unpaired) electrons. The summed E-state index contributed by atoms with van der Waals surface area (Å²) in [6.45, 7) is 2.48. The van der Waals surface area contributed by atoms with Crippen molar-refractivity contribution in [3.63, 3.8) is 0 Å². The minimum atomic E-state index is -0.537. The smallest absolute Gasteiger partial charge is 0.255 e. The highest BCUT2D eigenvalue weighted by Crippen LogP contribution is 2.32. The number of carbonyl (C=O) groups is 3. The third-order valence-electron chi connectivity index (χ3n) is 5.36. The molecule has 1 aromatic carbocycles. The van der Waals surface area contributed by atoms with Crippen LogP contribution in [-0.2, 0) is 16.1 Å². The Morgan fingerprint density at radius 2 is 1.80 bits per heavy atom. The number of benzene rings is 1. The van der Waals surface area contributed by atoms with Crippen LogP contribution in [0.3, 0.4) is 0 Å². The molecule has 0 spiro atoms. The summed E-state index contributed by atoms with van der Waals surface area (Å²) in [5, 5.41) is 5.69. The normalized spacial score (nSPS) is 23.9. The van der Waals surface area contributed by atoms with E-state index in [1.165, 1.54) is 5.56 Å². The molecular weight excluding hydrogens is 342 g/mol. The van der Waals surface area contributed by atoms with E-state index in [4.69, 9.17) is 0 Å². The largest absolute Gasteiger partial charge is 0.322 e. The minimum Gasteiger partial charge on any atom is -0.322 e. The molecule has 3 aliphatic heterocycles. The Morgan fingerprint density at radius 3 is 2.52 bits per heavy atom. The molecule has 0 aliphatic carbocycles. The van der Waals surface area contributed by atoms with Gasteiger partial charge in [0.1, 0.15) is 6.04 Å². The molecule has 2 fully saturated rings. The van der Waals surface area contributed by atoms with E-state index in [0.29, 0.717) is 18.9 Å².